The van der Waals surface area contributed by atoms with Crippen LogP contribution in [0.15, 0.2) is 40.8 Å². The molecule has 3 nitrogen and oxygen atoms in total. The molecule has 2 aromatic rings. The molecule has 0 aliphatic heterocycles. The van der Waals surface area contributed by atoms with Crippen molar-refractivity contribution >= 4 is 6.29 Å². The third-order valence-corrected chi connectivity index (χ3v) is 2.11. The van der Waals surface area contributed by atoms with Crippen LogP contribution in [-0.4, -0.2) is 12.9 Å². The van der Waals surface area contributed by atoms with Gasteiger partial charge in [0, 0.05) is 5.56 Å². The summed E-state index contributed by atoms with van der Waals surface area (Å²) in [5.74, 6) is 0.787. The Labute approximate surface area is 95.6 Å². The fourth-order valence-electron chi connectivity index (χ4n) is 1.37. The Morgan fingerprint density at radius 2 is 1.82 bits per heavy atom. The molecule has 0 radical (unpaired) electrons. The molecule has 1 heterocycles. The first kappa shape index (κ1) is 11.3. The van der Waals surface area contributed by atoms with E-state index in [2.05, 4.69) is 4.74 Å². The van der Waals surface area contributed by atoms with Crippen molar-refractivity contribution in [1.29, 1.82) is 0 Å². The van der Waals surface area contributed by atoms with E-state index in [1.807, 2.05) is 0 Å². The molecule has 0 aliphatic rings. The Bertz CT molecular complexity index is 503. The molecule has 0 N–H and O–H groups in total. The van der Waals surface area contributed by atoms with Crippen LogP contribution < -0.4 is 4.74 Å². The molecule has 1 aromatic carbocycles. The van der Waals surface area contributed by atoms with Crippen molar-refractivity contribution in [2.45, 2.75) is 6.61 Å². The summed E-state index contributed by atoms with van der Waals surface area (Å²) in [6.45, 7) is -2.84. The van der Waals surface area contributed by atoms with E-state index in [-0.39, 0.29) is 11.5 Å². The number of carbonyl (C=O) groups excluding carboxylic acids is 1. The van der Waals surface area contributed by atoms with Gasteiger partial charge in [0.2, 0.25) is 0 Å². The highest BCUT2D eigenvalue weighted by molar-refractivity contribution is 5.72. The lowest BCUT2D eigenvalue weighted by Crippen LogP contribution is -2.01. The van der Waals surface area contributed by atoms with Crippen molar-refractivity contribution < 1.29 is 22.7 Å². The van der Waals surface area contributed by atoms with Crippen LogP contribution in [0.25, 0.3) is 11.3 Å². The number of hydrogen-bond acceptors (Lipinski definition) is 3. The van der Waals surface area contributed by atoms with Gasteiger partial charge in [-0.1, -0.05) is 0 Å². The maximum Gasteiger partial charge on any atom is 0.387 e. The van der Waals surface area contributed by atoms with E-state index in [0.717, 1.165) is 0 Å². The zero-order valence-corrected chi connectivity index (χ0v) is 8.60. The van der Waals surface area contributed by atoms with Gasteiger partial charge in [-0.3, -0.25) is 4.79 Å². The smallest absolute Gasteiger partial charge is 0.387 e. The lowest BCUT2D eigenvalue weighted by Gasteiger charge is -2.04. The third kappa shape index (κ3) is 2.69. The first-order valence-electron chi connectivity index (χ1n) is 4.79. The summed E-state index contributed by atoms with van der Waals surface area (Å²) in [5.41, 5.74) is 0.680. The number of alkyl halides is 2. The van der Waals surface area contributed by atoms with Gasteiger partial charge in [-0.25, -0.2) is 0 Å². The third-order valence-electron chi connectivity index (χ3n) is 2.11. The van der Waals surface area contributed by atoms with E-state index in [4.69, 9.17) is 4.42 Å². The molecule has 0 unspecified atom stereocenters. The molecule has 0 fully saturated rings. The summed E-state index contributed by atoms with van der Waals surface area (Å²) in [7, 11) is 0. The van der Waals surface area contributed by atoms with Gasteiger partial charge >= 0.3 is 6.61 Å². The summed E-state index contributed by atoms with van der Waals surface area (Å²) in [5, 5.41) is 0. The lowest BCUT2D eigenvalue weighted by atomic mass is 10.2. The average Bonchev–Trinajstić information content (AvgIpc) is 2.78. The highest BCUT2D eigenvalue weighted by atomic mass is 19.3. The average molecular weight is 238 g/mol. The summed E-state index contributed by atoms with van der Waals surface area (Å²) in [4.78, 5) is 10.4. The van der Waals surface area contributed by atoms with Gasteiger partial charge in [0.05, 0.1) is 0 Å². The Morgan fingerprint density at radius 1 is 1.12 bits per heavy atom. The Kier molecular flexibility index (Phi) is 3.18. The lowest BCUT2D eigenvalue weighted by molar-refractivity contribution is -0.0498. The Morgan fingerprint density at radius 3 is 2.35 bits per heavy atom. The molecule has 0 bridgehead atoms. The maximum absolute atomic E-state index is 11.9. The largest absolute Gasteiger partial charge is 0.453 e. The van der Waals surface area contributed by atoms with E-state index < -0.39 is 6.61 Å². The zero-order chi connectivity index (χ0) is 12.3. The second kappa shape index (κ2) is 4.78. The molecule has 0 spiro atoms. The van der Waals surface area contributed by atoms with Crippen molar-refractivity contribution in [2.75, 3.05) is 0 Å². The van der Waals surface area contributed by atoms with Gasteiger partial charge in [0.1, 0.15) is 11.5 Å². The van der Waals surface area contributed by atoms with Crippen LogP contribution in [0.5, 0.6) is 5.75 Å². The van der Waals surface area contributed by atoms with Crippen LogP contribution in [0.3, 0.4) is 0 Å². The SMILES string of the molecule is O=Cc1ccc(-c2ccc(OC(F)F)cc2)o1. The highest BCUT2D eigenvalue weighted by Crippen LogP contribution is 2.24. The minimum absolute atomic E-state index is 0.0749. The van der Waals surface area contributed by atoms with E-state index in [1.165, 1.54) is 18.2 Å². The van der Waals surface area contributed by atoms with Crippen molar-refractivity contribution in [3.63, 3.8) is 0 Å². The molecule has 5 heteroatoms. The quantitative estimate of drug-likeness (QED) is 0.766. The first-order valence-corrected chi connectivity index (χ1v) is 4.79. The molecule has 0 saturated heterocycles. The number of halogens is 2. The molecule has 1 aromatic heterocycles. The van der Waals surface area contributed by atoms with Crippen molar-refractivity contribution in [3.8, 4) is 17.1 Å². The predicted molar refractivity (Wildman–Crippen MR) is 56.2 cm³/mol. The summed E-state index contributed by atoms with van der Waals surface area (Å²) in [6, 6.07) is 9.13. The number of carbonyl (C=O) groups is 1. The van der Waals surface area contributed by atoms with Gasteiger partial charge in [-0.05, 0) is 36.4 Å². The van der Waals surface area contributed by atoms with Crippen LogP contribution in [0, 0.1) is 0 Å². The Balaban J connectivity index is 2.19. The van der Waals surface area contributed by atoms with E-state index in [1.54, 1.807) is 18.2 Å². The number of furan rings is 1. The standard InChI is InChI=1S/C12H8F2O3/c13-12(14)17-9-3-1-8(2-4-9)11-6-5-10(7-15)16-11/h1-7,12H. The molecule has 17 heavy (non-hydrogen) atoms. The molecule has 0 aliphatic carbocycles. The number of benzene rings is 1. The summed E-state index contributed by atoms with van der Waals surface area (Å²) >= 11 is 0. The van der Waals surface area contributed by atoms with Gasteiger partial charge in [0.25, 0.3) is 0 Å². The minimum atomic E-state index is -2.84. The fourth-order valence-corrected chi connectivity index (χ4v) is 1.37. The van der Waals surface area contributed by atoms with Crippen LogP contribution in [0.1, 0.15) is 10.6 Å². The second-order valence-electron chi connectivity index (χ2n) is 3.22. The number of hydrogen-bond donors (Lipinski definition) is 0. The molecular weight excluding hydrogens is 230 g/mol. The van der Waals surface area contributed by atoms with Crippen LogP contribution in [0.4, 0.5) is 8.78 Å². The molecule has 0 saturated carbocycles. The molecule has 0 atom stereocenters. The van der Waals surface area contributed by atoms with Crippen molar-refractivity contribution in [3.05, 3.63) is 42.2 Å². The van der Waals surface area contributed by atoms with Gasteiger partial charge in [0.15, 0.2) is 12.0 Å². The van der Waals surface area contributed by atoms with Crippen LogP contribution in [0.2, 0.25) is 0 Å². The molecule has 0 amide bonds. The molecule has 88 valence electrons. The summed E-state index contributed by atoms with van der Waals surface area (Å²) < 4.78 is 33.2. The fraction of sp³-hybridized carbons (Fsp3) is 0.0833. The second-order valence-corrected chi connectivity index (χ2v) is 3.22. The van der Waals surface area contributed by atoms with Crippen molar-refractivity contribution in [2.24, 2.45) is 0 Å². The number of rotatable bonds is 4. The summed E-state index contributed by atoms with van der Waals surface area (Å²) in [6.07, 6.45) is 0.595. The van der Waals surface area contributed by atoms with E-state index in [0.29, 0.717) is 17.6 Å². The van der Waals surface area contributed by atoms with Gasteiger partial charge in [-0.15, -0.1) is 0 Å². The van der Waals surface area contributed by atoms with Gasteiger partial charge < -0.3 is 9.15 Å². The first-order chi connectivity index (χ1) is 8.19. The monoisotopic (exact) mass is 238 g/mol. The molecule has 2 rings (SSSR count). The van der Waals surface area contributed by atoms with E-state index in [9.17, 15) is 13.6 Å². The van der Waals surface area contributed by atoms with E-state index >= 15 is 0 Å². The highest BCUT2D eigenvalue weighted by Gasteiger charge is 2.06. The predicted octanol–water partition coefficient (Wildman–Crippen LogP) is 3.36. The minimum Gasteiger partial charge on any atom is -0.453 e. The van der Waals surface area contributed by atoms with Crippen LogP contribution in [-0.2, 0) is 0 Å². The topological polar surface area (TPSA) is 39.4 Å². The van der Waals surface area contributed by atoms with Crippen molar-refractivity contribution in [1.82, 2.24) is 0 Å². The molecular formula is C12H8F2O3. The van der Waals surface area contributed by atoms with Gasteiger partial charge in [-0.2, -0.15) is 8.78 Å². The normalized spacial score (nSPS) is 10.5. The maximum atomic E-state index is 11.9. The van der Waals surface area contributed by atoms with Crippen LogP contribution >= 0.6 is 0 Å². The number of aldehydes is 1. The zero-order valence-electron chi connectivity index (χ0n) is 8.60. The Hall–Kier alpha value is -2.17. The number of ether oxygens (including phenoxy) is 1.